The van der Waals surface area contributed by atoms with Crippen molar-refractivity contribution in [1.29, 1.82) is 0 Å². The molecular weight excluding hydrogens is 291 g/mol. The van der Waals surface area contributed by atoms with Gasteiger partial charge in [-0.25, -0.2) is 0 Å². The average molecular weight is 315 g/mol. The first-order chi connectivity index (χ1) is 9.66. The predicted molar refractivity (Wildman–Crippen MR) is 87.8 cm³/mol. The third-order valence-corrected chi connectivity index (χ3v) is 4.58. The van der Waals surface area contributed by atoms with Gasteiger partial charge >= 0.3 is 0 Å². The van der Waals surface area contributed by atoms with Crippen LogP contribution in [0.1, 0.15) is 44.2 Å². The number of nitrogens with one attached hydrogen (secondary N) is 1. The summed E-state index contributed by atoms with van der Waals surface area (Å²) >= 11 is 12.3. The van der Waals surface area contributed by atoms with E-state index in [0.717, 1.165) is 28.7 Å². The molecular formula is C16H24Cl2N2. The van der Waals surface area contributed by atoms with Gasteiger partial charge in [-0.1, -0.05) is 36.0 Å². The molecule has 2 nitrogen and oxygen atoms in total. The molecule has 1 atom stereocenters. The van der Waals surface area contributed by atoms with Gasteiger partial charge in [-0.3, -0.25) is 0 Å². The number of likely N-dealkylation sites (tertiary alicyclic amines) is 1. The van der Waals surface area contributed by atoms with Gasteiger partial charge in [-0.15, -0.1) is 0 Å². The van der Waals surface area contributed by atoms with Crippen LogP contribution in [0.4, 0.5) is 0 Å². The molecule has 20 heavy (non-hydrogen) atoms. The van der Waals surface area contributed by atoms with Crippen LogP contribution in [0.2, 0.25) is 10.0 Å². The first-order valence-corrected chi connectivity index (χ1v) is 8.33. The van der Waals surface area contributed by atoms with E-state index in [4.69, 9.17) is 23.2 Å². The zero-order valence-corrected chi connectivity index (χ0v) is 13.7. The van der Waals surface area contributed by atoms with Crippen molar-refractivity contribution in [2.45, 2.75) is 38.6 Å². The van der Waals surface area contributed by atoms with Gasteiger partial charge in [0.05, 0.1) is 0 Å². The lowest BCUT2D eigenvalue weighted by Gasteiger charge is -2.22. The summed E-state index contributed by atoms with van der Waals surface area (Å²) in [6.07, 6.45) is 5.46. The van der Waals surface area contributed by atoms with E-state index >= 15 is 0 Å². The molecule has 112 valence electrons. The van der Waals surface area contributed by atoms with Crippen LogP contribution in [-0.2, 0) is 0 Å². The molecule has 1 aliphatic heterocycles. The van der Waals surface area contributed by atoms with Gasteiger partial charge in [-0.2, -0.15) is 0 Å². The quantitative estimate of drug-likeness (QED) is 0.859. The minimum Gasteiger partial charge on any atom is -0.309 e. The minimum absolute atomic E-state index is 0.230. The van der Waals surface area contributed by atoms with E-state index in [2.05, 4.69) is 17.1 Å². The lowest BCUT2D eigenvalue weighted by molar-refractivity contribution is 0.280. The summed E-state index contributed by atoms with van der Waals surface area (Å²) in [5.74, 6) is 0. The van der Waals surface area contributed by atoms with Crippen LogP contribution in [0.5, 0.6) is 0 Å². The first-order valence-electron chi connectivity index (χ1n) is 7.57. The highest BCUT2D eigenvalue weighted by molar-refractivity contribution is 6.33. The standard InChI is InChI=1S/C16H24Cl2N2/c1-13(15-12-14(17)6-7-16(15)18)19-8-11-20-9-4-2-3-5-10-20/h6-7,12-13,19H,2-5,8-11H2,1H3. The minimum atomic E-state index is 0.230. The first kappa shape index (κ1) is 16.1. The Labute approximate surface area is 132 Å². The summed E-state index contributed by atoms with van der Waals surface area (Å²) in [6, 6.07) is 5.88. The molecule has 0 spiro atoms. The molecule has 2 rings (SSSR count). The molecule has 0 aromatic heterocycles. The van der Waals surface area contributed by atoms with Crippen molar-refractivity contribution in [3.63, 3.8) is 0 Å². The van der Waals surface area contributed by atoms with Crippen molar-refractivity contribution in [3.05, 3.63) is 33.8 Å². The fourth-order valence-electron chi connectivity index (χ4n) is 2.76. The molecule has 1 N–H and O–H groups in total. The Morgan fingerprint density at radius 1 is 1.15 bits per heavy atom. The summed E-state index contributed by atoms with van der Waals surface area (Å²) in [5.41, 5.74) is 1.08. The molecule has 1 unspecified atom stereocenters. The molecule has 1 heterocycles. The number of rotatable bonds is 5. The molecule has 1 saturated heterocycles. The lowest BCUT2D eigenvalue weighted by atomic mass is 10.1. The van der Waals surface area contributed by atoms with Gasteiger partial charge < -0.3 is 10.2 Å². The Kier molecular flexibility index (Phi) is 6.63. The zero-order valence-electron chi connectivity index (χ0n) is 12.2. The Balaban J connectivity index is 1.79. The molecule has 1 aliphatic rings. The van der Waals surface area contributed by atoms with Crippen LogP contribution in [0.3, 0.4) is 0 Å². The van der Waals surface area contributed by atoms with Crippen LogP contribution >= 0.6 is 23.2 Å². The smallest absolute Gasteiger partial charge is 0.0454 e. The molecule has 1 aromatic rings. The summed E-state index contributed by atoms with van der Waals surface area (Å²) in [4.78, 5) is 2.56. The monoisotopic (exact) mass is 314 g/mol. The Morgan fingerprint density at radius 2 is 1.85 bits per heavy atom. The second-order valence-corrected chi connectivity index (χ2v) is 6.44. The summed E-state index contributed by atoms with van der Waals surface area (Å²) in [7, 11) is 0. The molecule has 0 amide bonds. The lowest BCUT2D eigenvalue weighted by Crippen LogP contribution is -2.33. The molecule has 0 saturated carbocycles. The highest BCUT2D eigenvalue weighted by Crippen LogP contribution is 2.26. The maximum Gasteiger partial charge on any atom is 0.0454 e. The molecule has 0 radical (unpaired) electrons. The Bertz CT molecular complexity index is 415. The van der Waals surface area contributed by atoms with Crippen LogP contribution in [-0.4, -0.2) is 31.1 Å². The van der Waals surface area contributed by atoms with Gasteiger partial charge in [0.15, 0.2) is 0 Å². The van der Waals surface area contributed by atoms with E-state index in [1.165, 1.54) is 38.8 Å². The van der Waals surface area contributed by atoms with E-state index in [9.17, 15) is 0 Å². The molecule has 1 fully saturated rings. The second kappa shape index (κ2) is 8.23. The van der Waals surface area contributed by atoms with Gasteiger partial charge in [0.25, 0.3) is 0 Å². The van der Waals surface area contributed by atoms with Crippen LogP contribution < -0.4 is 5.32 Å². The number of hydrogen-bond donors (Lipinski definition) is 1. The average Bonchev–Trinajstić information content (AvgIpc) is 2.70. The van der Waals surface area contributed by atoms with Gasteiger partial charge in [-0.05, 0) is 56.6 Å². The summed E-state index contributed by atoms with van der Waals surface area (Å²) in [6.45, 7) is 6.73. The number of nitrogens with zero attached hydrogens (tertiary/aromatic N) is 1. The highest BCUT2D eigenvalue weighted by Gasteiger charge is 2.12. The Morgan fingerprint density at radius 3 is 2.55 bits per heavy atom. The fraction of sp³-hybridized carbons (Fsp3) is 0.625. The molecule has 0 aliphatic carbocycles. The maximum atomic E-state index is 6.23. The van der Waals surface area contributed by atoms with E-state index in [1.54, 1.807) is 0 Å². The van der Waals surface area contributed by atoms with E-state index < -0.39 is 0 Å². The van der Waals surface area contributed by atoms with Crippen molar-refractivity contribution >= 4 is 23.2 Å². The summed E-state index contributed by atoms with van der Waals surface area (Å²) < 4.78 is 0. The van der Waals surface area contributed by atoms with Gasteiger partial charge in [0.2, 0.25) is 0 Å². The second-order valence-electron chi connectivity index (χ2n) is 5.60. The topological polar surface area (TPSA) is 15.3 Å². The van der Waals surface area contributed by atoms with Gasteiger partial charge in [0, 0.05) is 29.2 Å². The number of halogens is 2. The van der Waals surface area contributed by atoms with Crippen molar-refractivity contribution < 1.29 is 0 Å². The zero-order chi connectivity index (χ0) is 14.4. The van der Waals surface area contributed by atoms with E-state index in [1.807, 2.05) is 18.2 Å². The Hall–Kier alpha value is -0.280. The number of benzene rings is 1. The molecule has 0 bridgehead atoms. The largest absolute Gasteiger partial charge is 0.309 e. The van der Waals surface area contributed by atoms with Crippen molar-refractivity contribution in [2.24, 2.45) is 0 Å². The van der Waals surface area contributed by atoms with Crippen LogP contribution in [0.25, 0.3) is 0 Å². The predicted octanol–water partition coefficient (Wildman–Crippen LogP) is 4.52. The summed E-state index contributed by atoms with van der Waals surface area (Å²) in [5, 5.41) is 5.07. The van der Waals surface area contributed by atoms with Crippen molar-refractivity contribution in [1.82, 2.24) is 10.2 Å². The van der Waals surface area contributed by atoms with E-state index in [0.29, 0.717) is 0 Å². The SMILES string of the molecule is CC(NCCN1CCCCCC1)c1cc(Cl)ccc1Cl. The van der Waals surface area contributed by atoms with Crippen LogP contribution in [0, 0.1) is 0 Å². The van der Waals surface area contributed by atoms with Crippen LogP contribution in [0.15, 0.2) is 18.2 Å². The van der Waals surface area contributed by atoms with Crippen molar-refractivity contribution in [3.8, 4) is 0 Å². The third-order valence-electron chi connectivity index (χ3n) is 4.00. The number of hydrogen-bond acceptors (Lipinski definition) is 2. The maximum absolute atomic E-state index is 6.23. The van der Waals surface area contributed by atoms with E-state index in [-0.39, 0.29) is 6.04 Å². The van der Waals surface area contributed by atoms with Gasteiger partial charge in [0.1, 0.15) is 0 Å². The third kappa shape index (κ3) is 4.92. The normalized spacial score (nSPS) is 18.8. The highest BCUT2D eigenvalue weighted by atomic mass is 35.5. The van der Waals surface area contributed by atoms with Crippen molar-refractivity contribution in [2.75, 3.05) is 26.2 Å². The molecule has 1 aromatic carbocycles. The fourth-order valence-corrected chi connectivity index (χ4v) is 3.22. The molecule has 4 heteroatoms.